The largest absolute Gasteiger partial charge is 0.391 e. The molecule has 1 unspecified atom stereocenters. The third-order valence-corrected chi connectivity index (χ3v) is 3.56. The number of urea groups is 1. The van der Waals surface area contributed by atoms with Gasteiger partial charge >= 0.3 is 6.03 Å². The number of carbonyl (C=O) groups is 1. The Kier molecular flexibility index (Phi) is 6.25. The molecule has 0 spiro atoms. The highest BCUT2D eigenvalue weighted by molar-refractivity contribution is 5.87. The molecule has 2 aromatic rings. The van der Waals surface area contributed by atoms with Crippen LogP contribution in [-0.2, 0) is 6.54 Å². The molecule has 0 bridgehead atoms. The molecule has 7 nitrogen and oxygen atoms in total. The molecule has 0 fully saturated rings. The number of amides is 2. The van der Waals surface area contributed by atoms with Crippen LogP contribution in [0.1, 0.15) is 25.8 Å². The maximum absolute atomic E-state index is 13.2. The Labute approximate surface area is 140 Å². The number of benzene rings is 1. The van der Waals surface area contributed by atoms with Crippen LogP contribution in [0.3, 0.4) is 0 Å². The molecule has 1 aromatic heterocycles. The van der Waals surface area contributed by atoms with E-state index in [0.29, 0.717) is 19.5 Å². The molecular weight excluding hydrogens is 313 g/mol. The first-order chi connectivity index (χ1) is 11.5. The Morgan fingerprint density at radius 1 is 1.46 bits per heavy atom. The Bertz CT molecular complexity index is 676. The van der Waals surface area contributed by atoms with E-state index in [-0.39, 0.29) is 24.3 Å². The summed E-state index contributed by atoms with van der Waals surface area (Å²) in [5.74, 6) is -0.143. The highest BCUT2D eigenvalue weighted by Crippen LogP contribution is 2.07. The summed E-state index contributed by atoms with van der Waals surface area (Å²) >= 11 is 0. The molecule has 0 aliphatic rings. The van der Waals surface area contributed by atoms with Gasteiger partial charge in [-0.25, -0.2) is 18.9 Å². The lowest BCUT2D eigenvalue weighted by molar-refractivity contribution is 0.124. The van der Waals surface area contributed by atoms with E-state index in [4.69, 9.17) is 0 Å². The van der Waals surface area contributed by atoms with Gasteiger partial charge in [0.15, 0.2) is 0 Å². The van der Waals surface area contributed by atoms with Gasteiger partial charge in [-0.2, -0.15) is 0 Å². The predicted molar refractivity (Wildman–Crippen MR) is 88.1 cm³/mol. The summed E-state index contributed by atoms with van der Waals surface area (Å²) < 4.78 is 14.7. The molecule has 0 saturated heterocycles. The van der Waals surface area contributed by atoms with E-state index in [9.17, 15) is 14.3 Å². The number of rotatable bonds is 7. The Morgan fingerprint density at radius 3 is 2.92 bits per heavy atom. The number of nitrogens with one attached hydrogen (secondary N) is 1. The van der Waals surface area contributed by atoms with Crippen LogP contribution in [0, 0.1) is 5.82 Å². The summed E-state index contributed by atoms with van der Waals surface area (Å²) in [5, 5.41) is 16.4. The number of hydrogen-bond donors (Lipinski definition) is 2. The molecule has 8 heteroatoms. The normalized spacial score (nSPS) is 12.0. The first-order valence-corrected chi connectivity index (χ1v) is 7.89. The molecule has 1 atom stereocenters. The van der Waals surface area contributed by atoms with Gasteiger partial charge in [-0.3, -0.25) is 5.32 Å². The standard InChI is InChI=1S/C16H22FN5O2/c1-3-14(23)10-21(4-2)16(24)19-15-18-11-22(20-15)9-12-6-5-7-13(17)8-12/h5-8,11,14,23H,3-4,9-10H2,1-2H3,(H,19,20,24). The van der Waals surface area contributed by atoms with E-state index in [1.807, 2.05) is 13.8 Å². The maximum atomic E-state index is 13.2. The number of hydrogen-bond acceptors (Lipinski definition) is 4. The number of anilines is 1. The van der Waals surface area contributed by atoms with Gasteiger partial charge in [-0.15, -0.1) is 5.10 Å². The quantitative estimate of drug-likeness (QED) is 0.811. The van der Waals surface area contributed by atoms with Crippen LogP contribution in [0.25, 0.3) is 0 Å². The molecule has 0 radical (unpaired) electrons. The van der Waals surface area contributed by atoms with Crippen molar-refractivity contribution < 1.29 is 14.3 Å². The van der Waals surface area contributed by atoms with Gasteiger partial charge < -0.3 is 10.0 Å². The van der Waals surface area contributed by atoms with Crippen molar-refractivity contribution in [3.05, 3.63) is 42.0 Å². The SMILES string of the molecule is CCC(O)CN(CC)C(=O)Nc1ncn(Cc2cccc(F)c2)n1. The highest BCUT2D eigenvalue weighted by atomic mass is 19.1. The monoisotopic (exact) mass is 335 g/mol. The lowest BCUT2D eigenvalue weighted by Crippen LogP contribution is -2.40. The topological polar surface area (TPSA) is 83.3 Å². The van der Waals surface area contributed by atoms with E-state index in [2.05, 4.69) is 15.4 Å². The van der Waals surface area contributed by atoms with Gasteiger partial charge in [-0.1, -0.05) is 19.1 Å². The van der Waals surface area contributed by atoms with Crippen molar-refractivity contribution >= 4 is 12.0 Å². The highest BCUT2D eigenvalue weighted by Gasteiger charge is 2.16. The van der Waals surface area contributed by atoms with Crippen molar-refractivity contribution in [1.82, 2.24) is 19.7 Å². The lowest BCUT2D eigenvalue weighted by atomic mass is 10.2. The summed E-state index contributed by atoms with van der Waals surface area (Å²) in [4.78, 5) is 17.7. The van der Waals surface area contributed by atoms with E-state index < -0.39 is 6.10 Å². The van der Waals surface area contributed by atoms with Gasteiger partial charge in [-0.05, 0) is 31.0 Å². The van der Waals surface area contributed by atoms with Crippen molar-refractivity contribution in [2.75, 3.05) is 18.4 Å². The smallest absolute Gasteiger partial charge is 0.324 e. The third-order valence-electron chi connectivity index (χ3n) is 3.56. The molecule has 130 valence electrons. The van der Waals surface area contributed by atoms with Crippen molar-refractivity contribution in [1.29, 1.82) is 0 Å². The Balaban J connectivity index is 1.96. The second-order valence-corrected chi connectivity index (χ2v) is 5.43. The van der Waals surface area contributed by atoms with Gasteiger partial charge in [0, 0.05) is 13.1 Å². The minimum Gasteiger partial charge on any atom is -0.391 e. The van der Waals surface area contributed by atoms with E-state index >= 15 is 0 Å². The summed E-state index contributed by atoms with van der Waals surface area (Å²) in [7, 11) is 0. The lowest BCUT2D eigenvalue weighted by Gasteiger charge is -2.22. The molecule has 0 aliphatic heterocycles. The van der Waals surface area contributed by atoms with Crippen molar-refractivity contribution in [3.63, 3.8) is 0 Å². The van der Waals surface area contributed by atoms with E-state index in [1.54, 1.807) is 12.1 Å². The predicted octanol–water partition coefficient (Wildman–Crippen LogP) is 2.09. The second kappa shape index (κ2) is 8.39. The number of aromatic nitrogens is 3. The van der Waals surface area contributed by atoms with Crippen LogP contribution in [0.5, 0.6) is 0 Å². The first-order valence-electron chi connectivity index (χ1n) is 7.89. The van der Waals surface area contributed by atoms with Gasteiger partial charge in [0.1, 0.15) is 12.1 Å². The molecule has 2 amide bonds. The van der Waals surface area contributed by atoms with Crippen molar-refractivity contribution in [3.8, 4) is 0 Å². The first kappa shape index (κ1) is 17.9. The number of carbonyl (C=O) groups excluding carboxylic acids is 1. The van der Waals surface area contributed by atoms with Crippen molar-refractivity contribution in [2.45, 2.75) is 32.9 Å². The number of nitrogens with zero attached hydrogens (tertiary/aromatic N) is 4. The van der Waals surface area contributed by atoms with Crippen LogP contribution in [0.2, 0.25) is 0 Å². The Morgan fingerprint density at radius 2 is 2.25 bits per heavy atom. The molecule has 1 heterocycles. The summed E-state index contributed by atoms with van der Waals surface area (Å²) in [6.07, 6.45) is 1.48. The van der Waals surface area contributed by atoms with Gasteiger partial charge in [0.25, 0.3) is 0 Å². The average molecular weight is 335 g/mol. The molecule has 0 saturated carbocycles. The molecule has 1 aromatic carbocycles. The van der Waals surface area contributed by atoms with Crippen LogP contribution in [0.15, 0.2) is 30.6 Å². The number of aliphatic hydroxyl groups is 1. The number of halogens is 1. The molecular formula is C16H22FN5O2. The zero-order chi connectivity index (χ0) is 17.5. The molecule has 2 rings (SSSR count). The minimum atomic E-state index is -0.561. The molecule has 24 heavy (non-hydrogen) atoms. The summed E-state index contributed by atoms with van der Waals surface area (Å²) in [6.45, 7) is 4.76. The van der Waals surface area contributed by atoms with Crippen LogP contribution in [0.4, 0.5) is 15.1 Å². The Hall–Kier alpha value is -2.48. The van der Waals surface area contributed by atoms with Crippen LogP contribution < -0.4 is 5.32 Å². The minimum absolute atomic E-state index is 0.167. The fraction of sp³-hybridized carbons (Fsp3) is 0.438. The van der Waals surface area contributed by atoms with Gasteiger partial charge in [0.2, 0.25) is 5.95 Å². The van der Waals surface area contributed by atoms with Gasteiger partial charge in [0.05, 0.1) is 12.6 Å². The fourth-order valence-electron chi connectivity index (χ4n) is 2.16. The second-order valence-electron chi connectivity index (χ2n) is 5.43. The summed E-state index contributed by atoms with van der Waals surface area (Å²) in [6, 6.07) is 5.84. The van der Waals surface area contributed by atoms with Crippen molar-refractivity contribution in [2.24, 2.45) is 0 Å². The molecule has 2 N–H and O–H groups in total. The van der Waals surface area contributed by atoms with E-state index in [0.717, 1.165) is 5.56 Å². The molecule has 0 aliphatic carbocycles. The van der Waals surface area contributed by atoms with Crippen LogP contribution >= 0.6 is 0 Å². The number of aliphatic hydroxyl groups excluding tert-OH is 1. The zero-order valence-corrected chi connectivity index (χ0v) is 13.8. The fourth-order valence-corrected chi connectivity index (χ4v) is 2.16. The van der Waals surface area contributed by atoms with E-state index in [1.165, 1.54) is 28.0 Å². The average Bonchev–Trinajstić information content (AvgIpc) is 2.99. The number of likely N-dealkylation sites (N-methyl/N-ethyl adjacent to an activating group) is 1. The summed E-state index contributed by atoms with van der Waals surface area (Å²) in [5.41, 5.74) is 0.749. The van der Waals surface area contributed by atoms with Crippen LogP contribution in [-0.4, -0.2) is 50.0 Å². The maximum Gasteiger partial charge on any atom is 0.324 e. The zero-order valence-electron chi connectivity index (χ0n) is 13.8. The third kappa shape index (κ3) is 5.02.